The van der Waals surface area contributed by atoms with Gasteiger partial charge in [0.15, 0.2) is 5.13 Å². The van der Waals surface area contributed by atoms with Gasteiger partial charge in [-0.3, -0.25) is 10.1 Å². The first-order valence-corrected chi connectivity index (χ1v) is 7.20. The number of aryl methyl sites for hydroxylation is 2. The van der Waals surface area contributed by atoms with Crippen LogP contribution in [0.2, 0.25) is 0 Å². The number of aromatic nitrogens is 1. The Kier molecular flexibility index (Phi) is 3.21. The Bertz CT molecular complexity index is 621. The van der Waals surface area contributed by atoms with E-state index < -0.39 is 0 Å². The van der Waals surface area contributed by atoms with Crippen molar-refractivity contribution in [3.05, 3.63) is 40.4 Å². The van der Waals surface area contributed by atoms with Crippen molar-refractivity contribution < 1.29 is 4.79 Å². The number of nitrogens with zero attached hydrogens (tertiary/aromatic N) is 1. The fraction of sp³-hybridized carbons (Fsp3) is 0.286. The van der Waals surface area contributed by atoms with Crippen LogP contribution in [0.3, 0.4) is 0 Å². The van der Waals surface area contributed by atoms with Crippen molar-refractivity contribution in [3.63, 3.8) is 0 Å². The zero-order valence-electron chi connectivity index (χ0n) is 10.7. The van der Waals surface area contributed by atoms with E-state index in [0.717, 1.165) is 30.8 Å². The Morgan fingerprint density at radius 3 is 3.16 bits per heavy atom. The second-order valence-electron chi connectivity index (χ2n) is 4.65. The smallest absolute Gasteiger partial charge is 0.257 e. The molecule has 0 unspecified atom stereocenters. The highest BCUT2D eigenvalue weighted by molar-refractivity contribution is 7.13. The number of anilines is 2. The molecule has 0 atom stereocenters. The molecule has 1 aliphatic heterocycles. The van der Waals surface area contributed by atoms with E-state index in [4.69, 9.17) is 0 Å². The van der Waals surface area contributed by atoms with Gasteiger partial charge in [-0.2, -0.15) is 0 Å². The van der Waals surface area contributed by atoms with Gasteiger partial charge < -0.3 is 5.32 Å². The van der Waals surface area contributed by atoms with Crippen LogP contribution >= 0.6 is 11.3 Å². The molecule has 2 heterocycles. The van der Waals surface area contributed by atoms with Gasteiger partial charge in [-0.1, -0.05) is 0 Å². The molecule has 98 valence electrons. The number of amides is 1. The molecule has 1 amide bonds. The van der Waals surface area contributed by atoms with Crippen molar-refractivity contribution in [1.29, 1.82) is 0 Å². The number of hydrogen-bond donors (Lipinski definition) is 2. The molecule has 0 fully saturated rings. The summed E-state index contributed by atoms with van der Waals surface area (Å²) in [5, 5.41) is 8.75. The third kappa shape index (κ3) is 2.61. The highest BCUT2D eigenvalue weighted by atomic mass is 32.1. The molecule has 0 aliphatic carbocycles. The van der Waals surface area contributed by atoms with Crippen LogP contribution in [0.25, 0.3) is 0 Å². The van der Waals surface area contributed by atoms with Gasteiger partial charge >= 0.3 is 0 Å². The maximum Gasteiger partial charge on any atom is 0.257 e. The first-order chi connectivity index (χ1) is 9.22. The SMILES string of the molecule is Cc1csc(NC(=O)c2ccc3c(c2)CCCN3)n1. The number of carbonyl (C=O) groups is 1. The van der Waals surface area contributed by atoms with Gasteiger partial charge in [0.05, 0.1) is 5.69 Å². The number of nitrogens with one attached hydrogen (secondary N) is 2. The van der Waals surface area contributed by atoms with Crippen LogP contribution in [-0.4, -0.2) is 17.4 Å². The topological polar surface area (TPSA) is 54.0 Å². The van der Waals surface area contributed by atoms with Gasteiger partial charge in [0, 0.05) is 23.2 Å². The molecular weight excluding hydrogens is 258 g/mol. The summed E-state index contributed by atoms with van der Waals surface area (Å²) in [4.78, 5) is 16.4. The quantitative estimate of drug-likeness (QED) is 0.884. The van der Waals surface area contributed by atoms with Crippen LogP contribution in [0.4, 0.5) is 10.8 Å². The predicted molar refractivity (Wildman–Crippen MR) is 78.1 cm³/mol. The zero-order chi connectivity index (χ0) is 13.2. The summed E-state index contributed by atoms with van der Waals surface area (Å²) in [5.41, 5.74) is 3.98. The number of thiazole rings is 1. The first kappa shape index (κ1) is 12.2. The minimum Gasteiger partial charge on any atom is -0.385 e. The molecule has 4 nitrogen and oxygen atoms in total. The maximum absolute atomic E-state index is 12.1. The molecule has 1 aromatic carbocycles. The molecule has 2 aromatic rings. The van der Waals surface area contributed by atoms with Crippen LogP contribution in [0, 0.1) is 6.92 Å². The van der Waals surface area contributed by atoms with Gasteiger partial charge in [0.25, 0.3) is 5.91 Å². The van der Waals surface area contributed by atoms with Gasteiger partial charge in [-0.25, -0.2) is 4.98 Å². The zero-order valence-corrected chi connectivity index (χ0v) is 11.5. The Morgan fingerprint density at radius 1 is 1.47 bits per heavy atom. The van der Waals surface area contributed by atoms with Crippen LogP contribution in [-0.2, 0) is 6.42 Å². The highest BCUT2D eigenvalue weighted by Gasteiger charge is 2.13. The van der Waals surface area contributed by atoms with E-state index >= 15 is 0 Å². The summed E-state index contributed by atoms with van der Waals surface area (Å²) in [6.45, 7) is 2.92. The van der Waals surface area contributed by atoms with Crippen molar-refractivity contribution in [3.8, 4) is 0 Å². The minimum absolute atomic E-state index is 0.0947. The number of carbonyl (C=O) groups excluding carboxylic acids is 1. The molecular formula is C14H15N3OS. The number of hydrogen-bond acceptors (Lipinski definition) is 4. The summed E-state index contributed by atoms with van der Waals surface area (Å²) in [6, 6.07) is 5.81. The summed E-state index contributed by atoms with van der Waals surface area (Å²) in [5.74, 6) is -0.0947. The third-order valence-corrected chi connectivity index (χ3v) is 4.02. The Morgan fingerprint density at radius 2 is 2.37 bits per heavy atom. The predicted octanol–water partition coefficient (Wildman–Crippen LogP) is 3.06. The van der Waals surface area contributed by atoms with Crippen LogP contribution in [0.5, 0.6) is 0 Å². The maximum atomic E-state index is 12.1. The molecule has 0 spiro atoms. The van der Waals surface area contributed by atoms with Gasteiger partial charge in [-0.05, 0) is 43.5 Å². The van der Waals surface area contributed by atoms with Gasteiger partial charge in [0.1, 0.15) is 0 Å². The van der Waals surface area contributed by atoms with E-state index in [1.807, 2.05) is 30.5 Å². The number of fused-ring (bicyclic) bond motifs is 1. The van der Waals surface area contributed by atoms with Gasteiger partial charge in [-0.15, -0.1) is 11.3 Å². The fourth-order valence-corrected chi connectivity index (χ4v) is 2.88. The molecule has 0 saturated heterocycles. The van der Waals surface area contributed by atoms with E-state index in [0.29, 0.717) is 10.7 Å². The van der Waals surface area contributed by atoms with Crippen LogP contribution in [0.15, 0.2) is 23.6 Å². The largest absolute Gasteiger partial charge is 0.385 e. The van der Waals surface area contributed by atoms with Crippen molar-refractivity contribution in [2.45, 2.75) is 19.8 Å². The number of benzene rings is 1. The number of rotatable bonds is 2. The van der Waals surface area contributed by atoms with E-state index in [-0.39, 0.29) is 5.91 Å². The molecule has 3 rings (SSSR count). The van der Waals surface area contributed by atoms with Crippen molar-refractivity contribution >= 4 is 28.1 Å². The molecule has 2 N–H and O–H groups in total. The summed E-state index contributed by atoms with van der Waals surface area (Å²) in [7, 11) is 0. The molecule has 5 heteroatoms. The minimum atomic E-state index is -0.0947. The first-order valence-electron chi connectivity index (χ1n) is 6.32. The van der Waals surface area contributed by atoms with Crippen molar-refractivity contribution in [2.24, 2.45) is 0 Å². The van der Waals surface area contributed by atoms with Gasteiger partial charge in [0.2, 0.25) is 0 Å². The van der Waals surface area contributed by atoms with E-state index in [9.17, 15) is 4.79 Å². The normalized spacial score (nSPS) is 13.5. The van der Waals surface area contributed by atoms with Crippen molar-refractivity contribution in [2.75, 3.05) is 17.2 Å². The lowest BCUT2D eigenvalue weighted by Gasteiger charge is -2.18. The van der Waals surface area contributed by atoms with E-state index in [1.165, 1.54) is 16.9 Å². The monoisotopic (exact) mass is 273 g/mol. The standard InChI is InChI=1S/C14H15N3OS/c1-9-8-19-14(16-9)17-13(18)11-4-5-12-10(7-11)3-2-6-15-12/h4-5,7-8,15H,2-3,6H2,1H3,(H,16,17,18). The van der Waals surface area contributed by atoms with Crippen LogP contribution < -0.4 is 10.6 Å². The average Bonchev–Trinajstić information content (AvgIpc) is 2.83. The Labute approximate surface area is 115 Å². The molecule has 1 aromatic heterocycles. The summed E-state index contributed by atoms with van der Waals surface area (Å²) >= 11 is 1.45. The lowest BCUT2D eigenvalue weighted by molar-refractivity contribution is 0.102. The third-order valence-electron chi connectivity index (χ3n) is 3.15. The molecule has 0 radical (unpaired) electrons. The second kappa shape index (κ2) is 5.01. The Balaban J connectivity index is 1.80. The summed E-state index contributed by atoms with van der Waals surface area (Å²) in [6.07, 6.45) is 2.14. The fourth-order valence-electron chi connectivity index (χ4n) is 2.20. The summed E-state index contributed by atoms with van der Waals surface area (Å²) < 4.78 is 0. The van der Waals surface area contributed by atoms with Crippen LogP contribution in [0.1, 0.15) is 28.0 Å². The lowest BCUT2D eigenvalue weighted by Crippen LogP contribution is -2.15. The van der Waals surface area contributed by atoms with Crippen molar-refractivity contribution in [1.82, 2.24) is 4.98 Å². The van der Waals surface area contributed by atoms with E-state index in [2.05, 4.69) is 15.6 Å². The second-order valence-corrected chi connectivity index (χ2v) is 5.51. The molecule has 1 aliphatic rings. The molecule has 0 saturated carbocycles. The lowest BCUT2D eigenvalue weighted by atomic mass is 10.0. The molecule has 19 heavy (non-hydrogen) atoms. The average molecular weight is 273 g/mol. The Hall–Kier alpha value is -1.88. The molecule has 0 bridgehead atoms. The highest BCUT2D eigenvalue weighted by Crippen LogP contribution is 2.23. The van der Waals surface area contributed by atoms with E-state index in [1.54, 1.807) is 0 Å².